The summed E-state index contributed by atoms with van der Waals surface area (Å²) in [5.41, 5.74) is 0.709. The van der Waals surface area contributed by atoms with Crippen LogP contribution in [-0.4, -0.2) is 55.3 Å². The average molecular weight is 522 g/mol. The van der Waals surface area contributed by atoms with Gasteiger partial charge in [0.05, 0.1) is 11.9 Å². The molecule has 0 saturated heterocycles. The third kappa shape index (κ3) is 8.36. The van der Waals surface area contributed by atoms with Gasteiger partial charge in [-0.3, -0.25) is 18.7 Å². The van der Waals surface area contributed by atoms with Crippen molar-refractivity contribution in [3.05, 3.63) is 64.7 Å². The monoisotopic (exact) mass is 521 g/mol. The molecule has 8 nitrogen and oxygen atoms in total. The number of hydrogen-bond acceptors (Lipinski definition) is 5. The summed E-state index contributed by atoms with van der Waals surface area (Å²) < 4.78 is 26.2. The van der Waals surface area contributed by atoms with Crippen LogP contribution in [0.1, 0.15) is 50.5 Å². The Labute approximate surface area is 212 Å². The SMILES string of the molecule is CC(=O)c1cccc(N(CC(=O)N(Cc2ccc(Cl)cc2)C(C)C(=O)NC(C)(C)C)S(C)(=O)=O)c1. The Morgan fingerprint density at radius 3 is 2.17 bits per heavy atom. The zero-order valence-corrected chi connectivity index (χ0v) is 22.4. The molecule has 0 aliphatic heterocycles. The number of Topliss-reactive ketones (excluding diaryl/α,β-unsaturated/α-hetero) is 1. The summed E-state index contributed by atoms with van der Waals surface area (Å²) in [6.45, 7) is 7.98. The molecule has 0 bridgehead atoms. The van der Waals surface area contributed by atoms with Crippen LogP contribution >= 0.6 is 11.6 Å². The minimum absolute atomic E-state index is 0.0693. The largest absolute Gasteiger partial charge is 0.350 e. The van der Waals surface area contributed by atoms with Crippen LogP contribution in [0, 0.1) is 0 Å². The molecule has 1 unspecified atom stereocenters. The predicted molar refractivity (Wildman–Crippen MR) is 138 cm³/mol. The van der Waals surface area contributed by atoms with Crippen LogP contribution < -0.4 is 9.62 Å². The van der Waals surface area contributed by atoms with Gasteiger partial charge in [-0.05, 0) is 64.4 Å². The topological polar surface area (TPSA) is 104 Å². The van der Waals surface area contributed by atoms with E-state index in [-0.39, 0.29) is 23.9 Å². The van der Waals surface area contributed by atoms with E-state index in [1.807, 2.05) is 20.8 Å². The molecule has 2 aromatic rings. The van der Waals surface area contributed by atoms with Crippen molar-refractivity contribution < 1.29 is 22.8 Å². The van der Waals surface area contributed by atoms with Crippen molar-refractivity contribution in [2.45, 2.75) is 52.7 Å². The molecule has 0 heterocycles. The van der Waals surface area contributed by atoms with Gasteiger partial charge >= 0.3 is 0 Å². The Morgan fingerprint density at radius 1 is 1.06 bits per heavy atom. The van der Waals surface area contributed by atoms with Crippen molar-refractivity contribution in [1.29, 1.82) is 0 Å². The fourth-order valence-electron chi connectivity index (χ4n) is 3.34. The summed E-state index contributed by atoms with van der Waals surface area (Å²) >= 11 is 5.98. The minimum atomic E-state index is -3.89. The van der Waals surface area contributed by atoms with E-state index in [1.165, 1.54) is 24.0 Å². The molecule has 0 spiro atoms. The van der Waals surface area contributed by atoms with Crippen LogP contribution in [-0.2, 0) is 26.2 Å². The molecule has 10 heteroatoms. The summed E-state index contributed by atoms with van der Waals surface area (Å²) in [5, 5.41) is 3.39. The molecule has 2 amide bonds. The first-order valence-corrected chi connectivity index (χ1v) is 13.3. The first-order valence-electron chi connectivity index (χ1n) is 11.0. The van der Waals surface area contributed by atoms with E-state index < -0.39 is 34.1 Å². The Balaban J connectivity index is 2.43. The summed E-state index contributed by atoms with van der Waals surface area (Å²) in [6, 6.07) is 12.0. The normalized spacial score (nSPS) is 12.5. The van der Waals surface area contributed by atoms with Gasteiger partial charge in [0.2, 0.25) is 21.8 Å². The van der Waals surface area contributed by atoms with Crippen molar-refractivity contribution in [2.75, 3.05) is 17.1 Å². The van der Waals surface area contributed by atoms with Gasteiger partial charge in [0, 0.05) is 22.7 Å². The number of anilines is 1. The molecule has 0 fully saturated rings. The van der Waals surface area contributed by atoms with Crippen molar-refractivity contribution in [3.63, 3.8) is 0 Å². The molecule has 2 aromatic carbocycles. The van der Waals surface area contributed by atoms with Crippen molar-refractivity contribution in [2.24, 2.45) is 0 Å². The van der Waals surface area contributed by atoms with Crippen LogP contribution in [0.2, 0.25) is 5.02 Å². The molecule has 2 rings (SSSR count). The quantitative estimate of drug-likeness (QED) is 0.507. The molecular formula is C25H32ClN3O5S. The average Bonchev–Trinajstić information content (AvgIpc) is 2.74. The highest BCUT2D eigenvalue weighted by Gasteiger charge is 2.31. The Kier molecular flexibility index (Phi) is 9.08. The van der Waals surface area contributed by atoms with Crippen molar-refractivity contribution >= 4 is 44.9 Å². The third-order valence-electron chi connectivity index (χ3n) is 5.15. The maximum Gasteiger partial charge on any atom is 0.244 e. The van der Waals surface area contributed by atoms with Gasteiger partial charge in [-0.2, -0.15) is 0 Å². The number of hydrogen-bond donors (Lipinski definition) is 1. The highest BCUT2D eigenvalue weighted by Crippen LogP contribution is 2.21. The van der Waals surface area contributed by atoms with Gasteiger partial charge in [0.15, 0.2) is 5.78 Å². The number of nitrogens with one attached hydrogen (secondary N) is 1. The number of benzene rings is 2. The maximum absolute atomic E-state index is 13.5. The summed E-state index contributed by atoms with van der Waals surface area (Å²) in [7, 11) is -3.89. The van der Waals surface area contributed by atoms with Crippen molar-refractivity contribution in [3.8, 4) is 0 Å². The van der Waals surface area contributed by atoms with Gasteiger partial charge in [-0.15, -0.1) is 0 Å². The number of amides is 2. The second-order valence-corrected chi connectivity index (χ2v) is 11.8. The first-order chi connectivity index (χ1) is 16.1. The third-order valence-corrected chi connectivity index (χ3v) is 6.54. The highest BCUT2D eigenvalue weighted by molar-refractivity contribution is 7.92. The van der Waals surface area contributed by atoms with E-state index in [0.29, 0.717) is 10.6 Å². The van der Waals surface area contributed by atoms with Gasteiger partial charge in [-0.1, -0.05) is 35.9 Å². The second-order valence-electron chi connectivity index (χ2n) is 9.44. The van der Waals surface area contributed by atoms with Gasteiger partial charge in [-0.25, -0.2) is 8.42 Å². The number of sulfonamides is 1. The number of ketones is 1. The van der Waals surface area contributed by atoms with Gasteiger partial charge in [0.25, 0.3) is 0 Å². The molecule has 1 N–H and O–H groups in total. The van der Waals surface area contributed by atoms with E-state index in [0.717, 1.165) is 16.1 Å². The zero-order valence-electron chi connectivity index (χ0n) is 20.8. The number of carbonyl (C=O) groups excluding carboxylic acids is 3. The van der Waals surface area contributed by atoms with Crippen molar-refractivity contribution in [1.82, 2.24) is 10.2 Å². The highest BCUT2D eigenvalue weighted by atomic mass is 35.5. The van der Waals surface area contributed by atoms with Crippen LogP contribution in [0.25, 0.3) is 0 Å². The number of carbonyl (C=O) groups is 3. The maximum atomic E-state index is 13.5. The Bertz CT molecular complexity index is 1190. The lowest BCUT2D eigenvalue weighted by Gasteiger charge is -2.33. The summed E-state index contributed by atoms with van der Waals surface area (Å²) in [6.07, 6.45) is 0.986. The standard InChI is InChI=1S/C25H32ClN3O5S/c1-17(24(32)27-25(3,4)5)28(15-19-10-12-21(26)13-11-19)23(31)16-29(35(6,33)34)22-9-7-8-20(14-22)18(2)30/h7-14,17H,15-16H2,1-6H3,(H,27,32). The van der Waals surface area contributed by atoms with E-state index in [1.54, 1.807) is 43.3 Å². The van der Waals surface area contributed by atoms with Crippen LogP contribution in [0.5, 0.6) is 0 Å². The minimum Gasteiger partial charge on any atom is -0.350 e. The zero-order chi connectivity index (χ0) is 26.6. The van der Waals surface area contributed by atoms with E-state index >= 15 is 0 Å². The molecule has 0 aromatic heterocycles. The Morgan fingerprint density at radius 2 is 1.66 bits per heavy atom. The van der Waals surface area contributed by atoms with E-state index in [2.05, 4.69) is 5.32 Å². The number of rotatable bonds is 9. The Hall–Kier alpha value is -2.91. The van der Waals surface area contributed by atoms with Gasteiger partial charge < -0.3 is 10.2 Å². The fraction of sp³-hybridized carbons (Fsp3) is 0.400. The fourth-order valence-corrected chi connectivity index (χ4v) is 4.30. The number of nitrogens with zero attached hydrogens (tertiary/aromatic N) is 2. The molecule has 0 aliphatic rings. The molecule has 35 heavy (non-hydrogen) atoms. The van der Waals surface area contributed by atoms with Gasteiger partial charge in [0.1, 0.15) is 12.6 Å². The summed E-state index contributed by atoms with van der Waals surface area (Å²) in [5.74, 6) is -1.18. The lowest BCUT2D eigenvalue weighted by Crippen LogP contribution is -2.54. The molecular weight excluding hydrogens is 490 g/mol. The summed E-state index contributed by atoms with van der Waals surface area (Å²) in [4.78, 5) is 39.6. The second kappa shape index (κ2) is 11.2. The predicted octanol–water partition coefficient (Wildman–Crippen LogP) is 3.64. The lowest BCUT2D eigenvalue weighted by atomic mass is 10.1. The molecule has 190 valence electrons. The van der Waals surface area contributed by atoms with E-state index in [9.17, 15) is 22.8 Å². The number of halogens is 1. The molecule has 0 aliphatic carbocycles. The smallest absolute Gasteiger partial charge is 0.244 e. The molecule has 0 saturated carbocycles. The van der Waals surface area contributed by atoms with Crippen LogP contribution in [0.4, 0.5) is 5.69 Å². The van der Waals surface area contributed by atoms with Crippen LogP contribution in [0.15, 0.2) is 48.5 Å². The lowest BCUT2D eigenvalue weighted by molar-refractivity contribution is -0.140. The van der Waals surface area contributed by atoms with E-state index in [4.69, 9.17) is 11.6 Å². The molecule has 1 atom stereocenters. The first kappa shape index (κ1) is 28.3. The van der Waals surface area contributed by atoms with Crippen LogP contribution in [0.3, 0.4) is 0 Å². The molecule has 0 radical (unpaired) electrons.